The van der Waals surface area contributed by atoms with Gasteiger partial charge in [-0.05, 0) is 32.3 Å². The molecule has 1 aliphatic heterocycles. The van der Waals surface area contributed by atoms with Crippen molar-refractivity contribution in [3.63, 3.8) is 0 Å². The van der Waals surface area contributed by atoms with E-state index in [1.807, 2.05) is 30.3 Å². The van der Waals surface area contributed by atoms with E-state index in [4.69, 9.17) is 4.74 Å². The van der Waals surface area contributed by atoms with Gasteiger partial charge in [-0.2, -0.15) is 0 Å². The number of aryl methyl sites for hydroxylation is 1. The number of nitrogens with zero attached hydrogens (tertiary/aromatic N) is 3. The monoisotopic (exact) mass is 418 g/mol. The molecule has 1 saturated heterocycles. The van der Waals surface area contributed by atoms with Gasteiger partial charge in [0.1, 0.15) is 12.1 Å². The standard InChI is InChI=1S/C20H26N4O6/c1-4-30-19(27)15(11-10-14-8-6-5-7-9-14)21-13(2)18(26)24-16(17(25)22-29)12-23(3)20(24)28/h5-9,13,15-16,21H,4,10-12H2,1-3H3. The zero-order valence-corrected chi connectivity index (χ0v) is 17.2. The van der Waals surface area contributed by atoms with Gasteiger partial charge in [-0.25, -0.2) is 9.69 Å². The molecular formula is C20H26N4O6. The number of ether oxygens (including phenoxy) is 1. The van der Waals surface area contributed by atoms with Gasteiger partial charge in [-0.15, -0.1) is 4.91 Å². The third kappa shape index (κ3) is 5.47. The Labute approximate surface area is 174 Å². The van der Waals surface area contributed by atoms with E-state index >= 15 is 0 Å². The Morgan fingerprint density at radius 1 is 1.27 bits per heavy atom. The molecule has 0 aliphatic carbocycles. The van der Waals surface area contributed by atoms with Crippen LogP contribution in [0.2, 0.25) is 0 Å². The summed E-state index contributed by atoms with van der Waals surface area (Å²) < 4.78 is 5.10. The van der Waals surface area contributed by atoms with Crippen molar-refractivity contribution in [1.29, 1.82) is 0 Å². The summed E-state index contributed by atoms with van der Waals surface area (Å²) in [6, 6.07) is 5.78. The van der Waals surface area contributed by atoms with Crippen LogP contribution >= 0.6 is 0 Å². The Morgan fingerprint density at radius 3 is 2.53 bits per heavy atom. The van der Waals surface area contributed by atoms with Gasteiger partial charge in [-0.1, -0.05) is 30.3 Å². The van der Waals surface area contributed by atoms with Gasteiger partial charge in [0.05, 0.1) is 19.2 Å². The maximum absolute atomic E-state index is 12.9. The van der Waals surface area contributed by atoms with Crippen LogP contribution in [0.5, 0.6) is 0 Å². The maximum Gasteiger partial charge on any atom is 0.327 e. The number of carbonyl (C=O) groups is 4. The fourth-order valence-electron chi connectivity index (χ4n) is 3.28. The lowest BCUT2D eigenvalue weighted by atomic mass is 10.0. The van der Waals surface area contributed by atoms with E-state index in [0.29, 0.717) is 12.8 Å². The normalized spacial score (nSPS) is 18.1. The molecule has 162 valence electrons. The molecule has 10 heteroatoms. The summed E-state index contributed by atoms with van der Waals surface area (Å²) in [5, 5.41) is 5.26. The molecule has 4 amide bonds. The Kier molecular flexibility index (Phi) is 8.16. The van der Waals surface area contributed by atoms with Crippen LogP contribution in [-0.4, -0.2) is 71.9 Å². The molecule has 1 N–H and O–H groups in total. The number of esters is 1. The molecule has 0 aromatic heterocycles. The molecule has 1 aromatic rings. The van der Waals surface area contributed by atoms with Crippen molar-refractivity contribution in [2.75, 3.05) is 20.2 Å². The van der Waals surface area contributed by atoms with Crippen molar-refractivity contribution < 1.29 is 23.9 Å². The maximum atomic E-state index is 12.9. The first-order valence-corrected chi connectivity index (χ1v) is 9.72. The minimum absolute atomic E-state index is 0.114. The number of nitroso groups, excluding NO2 is 1. The van der Waals surface area contributed by atoms with E-state index in [-0.39, 0.29) is 13.2 Å². The first-order chi connectivity index (χ1) is 14.3. The first-order valence-electron chi connectivity index (χ1n) is 9.72. The number of hydrogen-bond donors (Lipinski definition) is 1. The zero-order chi connectivity index (χ0) is 22.3. The average molecular weight is 418 g/mol. The molecule has 30 heavy (non-hydrogen) atoms. The van der Waals surface area contributed by atoms with Crippen LogP contribution in [0.1, 0.15) is 25.8 Å². The summed E-state index contributed by atoms with van der Waals surface area (Å²) in [4.78, 5) is 61.9. The molecule has 0 saturated carbocycles. The number of rotatable bonds is 9. The number of benzene rings is 1. The fraction of sp³-hybridized carbons (Fsp3) is 0.500. The van der Waals surface area contributed by atoms with Gasteiger partial charge in [0.2, 0.25) is 5.91 Å². The van der Waals surface area contributed by atoms with Crippen LogP contribution in [0.4, 0.5) is 4.79 Å². The topological polar surface area (TPSA) is 125 Å². The summed E-state index contributed by atoms with van der Waals surface area (Å²) in [5.74, 6) is -2.33. The van der Waals surface area contributed by atoms with Crippen molar-refractivity contribution >= 4 is 23.8 Å². The highest BCUT2D eigenvalue weighted by Crippen LogP contribution is 2.18. The first kappa shape index (κ1) is 23.1. The lowest BCUT2D eigenvalue weighted by Crippen LogP contribution is -2.54. The fourth-order valence-corrected chi connectivity index (χ4v) is 3.28. The summed E-state index contributed by atoms with van der Waals surface area (Å²) in [5.41, 5.74) is 1.02. The van der Waals surface area contributed by atoms with E-state index in [0.717, 1.165) is 15.4 Å². The second-order valence-corrected chi connectivity index (χ2v) is 7.03. The highest BCUT2D eigenvalue weighted by Gasteiger charge is 2.45. The van der Waals surface area contributed by atoms with Crippen molar-refractivity contribution in [3.8, 4) is 0 Å². The van der Waals surface area contributed by atoms with Gasteiger partial charge >= 0.3 is 17.9 Å². The summed E-state index contributed by atoms with van der Waals surface area (Å²) in [7, 11) is 1.42. The van der Waals surface area contributed by atoms with Gasteiger partial charge in [-0.3, -0.25) is 19.7 Å². The Morgan fingerprint density at radius 2 is 1.93 bits per heavy atom. The van der Waals surface area contributed by atoms with Crippen molar-refractivity contribution in [1.82, 2.24) is 15.1 Å². The highest BCUT2D eigenvalue weighted by molar-refractivity contribution is 6.04. The van der Waals surface area contributed by atoms with Crippen LogP contribution in [-0.2, 0) is 25.5 Å². The Bertz CT molecular complexity index is 800. The third-order valence-electron chi connectivity index (χ3n) is 4.86. The predicted octanol–water partition coefficient (Wildman–Crippen LogP) is 1.08. The van der Waals surface area contributed by atoms with Crippen LogP contribution in [0, 0.1) is 4.91 Å². The summed E-state index contributed by atoms with van der Waals surface area (Å²) in [6.07, 6.45) is 0.937. The smallest absolute Gasteiger partial charge is 0.327 e. The third-order valence-corrected chi connectivity index (χ3v) is 4.86. The van der Waals surface area contributed by atoms with Gasteiger partial charge in [0, 0.05) is 12.2 Å². The van der Waals surface area contributed by atoms with E-state index in [9.17, 15) is 24.1 Å². The minimum atomic E-state index is -1.28. The van der Waals surface area contributed by atoms with Crippen molar-refractivity contribution in [2.24, 2.45) is 5.18 Å². The molecule has 2 rings (SSSR count). The molecule has 1 fully saturated rings. The molecule has 0 radical (unpaired) electrons. The molecule has 1 aliphatic rings. The predicted molar refractivity (Wildman–Crippen MR) is 107 cm³/mol. The number of carbonyl (C=O) groups excluding carboxylic acids is 4. The number of hydrogen-bond acceptors (Lipinski definition) is 7. The van der Waals surface area contributed by atoms with Crippen LogP contribution in [0.3, 0.4) is 0 Å². The molecule has 1 aromatic carbocycles. The Hall–Kier alpha value is -3.14. The lowest BCUT2D eigenvalue weighted by molar-refractivity contribution is -0.146. The largest absolute Gasteiger partial charge is 0.465 e. The van der Waals surface area contributed by atoms with Crippen molar-refractivity contribution in [3.05, 3.63) is 40.8 Å². The second kappa shape index (κ2) is 10.6. The number of imide groups is 1. The van der Waals surface area contributed by atoms with Gasteiger partial charge in [0.15, 0.2) is 0 Å². The summed E-state index contributed by atoms with van der Waals surface area (Å²) >= 11 is 0. The molecule has 0 bridgehead atoms. The van der Waals surface area contributed by atoms with Crippen LogP contribution in [0.25, 0.3) is 0 Å². The van der Waals surface area contributed by atoms with Crippen LogP contribution < -0.4 is 5.32 Å². The molecule has 3 unspecified atom stereocenters. The highest BCUT2D eigenvalue weighted by atomic mass is 16.5. The summed E-state index contributed by atoms with van der Waals surface area (Å²) in [6.45, 7) is 3.24. The van der Waals surface area contributed by atoms with Crippen molar-refractivity contribution in [2.45, 2.75) is 44.8 Å². The quantitative estimate of drug-likeness (QED) is 0.470. The molecular weight excluding hydrogens is 392 g/mol. The van der Waals surface area contributed by atoms with Gasteiger partial charge < -0.3 is 9.64 Å². The number of likely N-dealkylation sites (N-methyl/N-ethyl adjacent to an activating group) is 1. The SMILES string of the molecule is CCOC(=O)C(CCc1ccccc1)NC(C)C(=O)N1C(=O)N(C)CC1C(=O)N=O. The van der Waals surface area contributed by atoms with E-state index in [2.05, 4.69) is 10.5 Å². The Balaban J connectivity index is 2.12. The zero-order valence-electron chi connectivity index (χ0n) is 17.2. The minimum Gasteiger partial charge on any atom is -0.465 e. The van der Waals surface area contributed by atoms with Crippen LogP contribution in [0.15, 0.2) is 35.5 Å². The number of amides is 4. The molecule has 10 nitrogen and oxygen atoms in total. The molecule has 3 atom stereocenters. The average Bonchev–Trinajstić information content (AvgIpc) is 3.05. The van der Waals surface area contributed by atoms with E-state index in [1.54, 1.807) is 6.92 Å². The molecule has 0 spiro atoms. The number of nitrogens with one attached hydrogen (secondary N) is 1. The number of urea groups is 1. The second-order valence-electron chi connectivity index (χ2n) is 7.03. The van der Waals surface area contributed by atoms with E-state index in [1.165, 1.54) is 14.0 Å². The lowest BCUT2D eigenvalue weighted by Gasteiger charge is -2.26. The van der Waals surface area contributed by atoms with Gasteiger partial charge in [0.25, 0.3) is 0 Å². The molecule has 1 heterocycles. The van der Waals surface area contributed by atoms with E-state index < -0.39 is 41.9 Å².